The van der Waals surface area contributed by atoms with Gasteiger partial charge < -0.3 is 20.7 Å². The predicted octanol–water partition coefficient (Wildman–Crippen LogP) is 5.26. The van der Waals surface area contributed by atoms with Gasteiger partial charge in [0.1, 0.15) is 15.5 Å². The summed E-state index contributed by atoms with van der Waals surface area (Å²) in [6.07, 6.45) is 5.73. The number of aromatic nitrogens is 2. The number of hydrogen-bond donors (Lipinski definition) is 3. The van der Waals surface area contributed by atoms with Gasteiger partial charge in [-0.2, -0.15) is 0 Å². The lowest BCUT2D eigenvalue weighted by molar-refractivity contribution is -0.119. The van der Waals surface area contributed by atoms with Gasteiger partial charge in [0.2, 0.25) is 11.8 Å². The Hall–Kier alpha value is -4.51. The van der Waals surface area contributed by atoms with Gasteiger partial charge in [0.15, 0.2) is 0 Å². The van der Waals surface area contributed by atoms with Gasteiger partial charge in [0.05, 0.1) is 28.6 Å². The van der Waals surface area contributed by atoms with Crippen LogP contribution in [-0.4, -0.2) is 39.9 Å². The molecule has 4 amide bonds. The molecule has 1 unspecified atom stereocenters. The van der Waals surface area contributed by atoms with Gasteiger partial charge in [-0.05, 0) is 49.9 Å². The van der Waals surface area contributed by atoms with Crippen LogP contribution in [-0.2, 0) is 4.79 Å². The summed E-state index contributed by atoms with van der Waals surface area (Å²) in [5, 5.41) is 9.60. The number of nitrogens with one attached hydrogen (secondary N) is 3. The lowest BCUT2D eigenvalue weighted by Gasteiger charge is -2.29. The Labute approximate surface area is 228 Å². The normalized spacial score (nSPS) is 18.1. The fourth-order valence-electron chi connectivity index (χ4n) is 5.21. The van der Waals surface area contributed by atoms with E-state index >= 15 is 0 Å². The van der Waals surface area contributed by atoms with E-state index in [2.05, 4.69) is 25.9 Å². The molecule has 2 atom stereocenters. The summed E-state index contributed by atoms with van der Waals surface area (Å²) in [5.41, 5.74) is 2.44. The molecule has 3 N–H and O–H groups in total. The van der Waals surface area contributed by atoms with Crippen LogP contribution < -0.4 is 25.6 Å². The van der Waals surface area contributed by atoms with E-state index in [1.807, 2.05) is 37.3 Å². The Morgan fingerprint density at radius 2 is 1.85 bits per heavy atom. The zero-order valence-corrected chi connectivity index (χ0v) is 22.2. The molecule has 1 saturated carbocycles. The standard InChI is InChI=1S/C28H26N6O4S/c1-15-13-22(38-17-7-4-3-5-8-17)30-14-21(15)34-20-11-12-29-27-23(20)24(33-28(34)37)25(39-27)26(36)32-19-10-6-9-18(19)31-16(2)35/h3-5,7-8,11-14,18-19H,6,9-10H2,1-2H3,(H,31,35)(H,32,36)(H,33,37)/t18?,19-/m1/s1. The highest BCUT2D eigenvalue weighted by molar-refractivity contribution is 7.21. The van der Waals surface area contributed by atoms with E-state index in [0.717, 1.165) is 24.8 Å². The minimum atomic E-state index is -0.402. The fraction of sp³-hybridized carbons (Fsp3) is 0.250. The van der Waals surface area contributed by atoms with Crippen molar-refractivity contribution >= 4 is 56.5 Å². The molecule has 6 rings (SSSR count). The first-order chi connectivity index (χ1) is 18.9. The molecule has 198 valence electrons. The van der Waals surface area contributed by atoms with Crippen LogP contribution in [0.5, 0.6) is 11.6 Å². The summed E-state index contributed by atoms with van der Waals surface area (Å²) >= 11 is 1.23. The summed E-state index contributed by atoms with van der Waals surface area (Å²) in [5.74, 6) is 0.664. The molecule has 4 aromatic rings. The van der Waals surface area contributed by atoms with E-state index in [1.165, 1.54) is 18.3 Å². The highest BCUT2D eigenvalue weighted by Crippen LogP contribution is 2.46. The summed E-state index contributed by atoms with van der Waals surface area (Å²) in [6.45, 7) is 3.36. The van der Waals surface area contributed by atoms with Crippen molar-refractivity contribution < 1.29 is 19.1 Å². The molecule has 10 nitrogen and oxygen atoms in total. The van der Waals surface area contributed by atoms with Crippen LogP contribution in [0.3, 0.4) is 0 Å². The third-order valence-electron chi connectivity index (χ3n) is 6.94. The smallest absolute Gasteiger partial charge is 0.331 e. The number of amides is 4. The van der Waals surface area contributed by atoms with Crippen molar-refractivity contribution in [2.45, 2.75) is 45.2 Å². The number of rotatable bonds is 6. The monoisotopic (exact) mass is 542 g/mol. The largest absolute Gasteiger partial charge is 0.439 e. The van der Waals surface area contributed by atoms with E-state index in [0.29, 0.717) is 43.8 Å². The summed E-state index contributed by atoms with van der Waals surface area (Å²) in [4.78, 5) is 49.9. The van der Waals surface area contributed by atoms with Crippen LogP contribution in [0, 0.1) is 6.92 Å². The SMILES string of the molecule is CC(=O)NC1CCC[C@H]1NC(=O)c1sc2nccc3c2c1NC(=O)N3c1cnc(Oc2ccccc2)cc1C. The molecule has 1 fully saturated rings. The van der Waals surface area contributed by atoms with Crippen LogP contribution in [0.4, 0.5) is 21.9 Å². The van der Waals surface area contributed by atoms with Gasteiger partial charge in [-0.3, -0.25) is 14.5 Å². The minimum Gasteiger partial charge on any atom is -0.439 e. The molecule has 39 heavy (non-hydrogen) atoms. The molecule has 0 bridgehead atoms. The van der Waals surface area contributed by atoms with Gasteiger partial charge in [-0.1, -0.05) is 18.2 Å². The van der Waals surface area contributed by atoms with Crippen molar-refractivity contribution in [2.24, 2.45) is 0 Å². The number of ether oxygens (including phenoxy) is 1. The second-order valence-corrected chi connectivity index (χ2v) is 10.6. The first-order valence-electron chi connectivity index (χ1n) is 12.7. The first kappa shape index (κ1) is 24.8. The molecule has 0 spiro atoms. The van der Waals surface area contributed by atoms with Gasteiger partial charge in [0, 0.05) is 31.3 Å². The maximum Gasteiger partial charge on any atom is 0.331 e. The summed E-state index contributed by atoms with van der Waals surface area (Å²) < 4.78 is 5.85. The van der Waals surface area contributed by atoms with Gasteiger partial charge in [-0.25, -0.2) is 14.8 Å². The average molecular weight is 543 g/mol. The number of para-hydroxylation sites is 1. The molecule has 1 aliphatic heterocycles. The fourth-order valence-corrected chi connectivity index (χ4v) is 6.23. The molecule has 0 saturated heterocycles. The maximum absolute atomic E-state index is 13.5. The summed E-state index contributed by atoms with van der Waals surface area (Å²) in [7, 11) is 0. The number of pyridine rings is 2. The molecule has 11 heteroatoms. The zero-order chi connectivity index (χ0) is 27.1. The molecular weight excluding hydrogens is 516 g/mol. The quantitative estimate of drug-likeness (QED) is 0.305. The number of thiophene rings is 1. The number of urea groups is 1. The van der Waals surface area contributed by atoms with Crippen molar-refractivity contribution in [3.8, 4) is 11.6 Å². The third-order valence-corrected chi connectivity index (χ3v) is 8.03. The third kappa shape index (κ3) is 4.65. The number of carbonyl (C=O) groups is 3. The van der Waals surface area contributed by atoms with Crippen LogP contribution in [0.25, 0.3) is 10.2 Å². The molecule has 1 aromatic carbocycles. The van der Waals surface area contributed by atoms with Crippen molar-refractivity contribution in [1.82, 2.24) is 20.6 Å². The van der Waals surface area contributed by atoms with Crippen LogP contribution in [0.2, 0.25) is 0 Å². The molecular formula is C28H26N6O4S. The number of carbonyl (C=O) groups excluding carboxylic acids is 3. The average Bonchev–Trinajstić information content (AvgIpc) is 3.50. The second kappa shape index (κ2) is 9.99. The van der Waals surface area contributed by atoms with E-state index < -0.39 is 6.03 Å². The number of anilines is 3. The van der Waals surface area contributed by atoms with Gasteiger partial charge >= 0.3 is 6.03 Å². The first-order valence-corrected chi connectivity index (χ1v) is 13.5. The molecule has 0 radical (unpaired) electrons. The van der Waals surface area contributed by atoms with Crippen molar-refractivity contribution in [2.75, 3.05) is 10.2 Å². The van der Waals surface area contributed by atoms with Gasteiger partial charge in [0.25, 0.3) is 5.91 Å². The zero-order valence-electron chi connectivity index (χ0n) is 21.4. The number of benzene rings is 1. The Morgan fingerprint density at radius 3 is 2.59 bits per heavy atom. The Balaban J connectivity index is 1.31. The highest BCUT2D eigenvalue weighted by atomic mass is 32.1. The van der Waals surface area contributed by atoms with Gasteiger partial charge in [-0.15, -0.1) is 11.3 Å². The minimum absolute atomic E-state index is 0.111. The van der Waals surface area contributed by atoms with E-state index in [-0.39, 0.29) is 23.9 Å². The Morgan fingerprint density at radius 1 is 1.08 bits per heavy atom. The topological polar surface area (TPSA) is 126 Å². The second-order valence-electron chi connectivity index (χ2n) is 9.62. The maximum atomic E-state index is 13.5. The lowest BCUT2D eigenvalue weighted by atomic mass is 10.1. The summed E-state index contributed by atoms with van der Waals surface area (Å²) in [6, 6.07) is 12.2. The lowest BCUT2D eigenvalue weighted by Crippen LogP contribution is -2.48. The molecule has 1 aliphatic carbocycles. The molecule has 2 aliphatic rings. The van der Waals surface area contributed by atoms with E-state index in [1.54, 1.807) is 29.4 Å². The van der Waals surface area contributed by atoms with E-state index in [9.17, 15) is 14.4 Å². The number of nitrogens with zero attached hydrogens (tertiary/aromatic N) is 3. The molecule has 3 aromatic heterocycles. The number of aryl methyl sites for hydroxylation is 1. The van der Waals surface area contributed by atoms with Crippen molar-refractivity contribution in [3.05, 3.63) is 65.3 Å². The Bertz CT molecular complexity index is 1600. The van der Waals surface area contributed by atoms with Crippen molar-refractivity contribution in [1.29, 1.82) is 0 Å². The van der Waals surface area contributed by atoms with Crippen LogP contribution in [0.1, 0.15) is 41.4 Å². The van der Waals surface area contributed by atoms with E-state index in [4.69, 9.17) is 4.74 Å². The highest BCUT2D eigenvalue weighted by Gasteiger charge is 2.35. The van der Waals surface area contributed by atoms with Crippen molar-refractivity contribution in [3.63, 3.8) is 0 Å². The van der Waals surface area contributed by atoms with Crippen LogP contribution >= 0.6 is 11.3 Å². The molecule has 4 heterocycles. The Kier molecular flexibility index (Phi) is 6.35. The van der Waals surface area contributed by atoms with Crippen LogP contribution in [0.15, 0.2) is 54.9 Å². The predicted molar refractivity (Wildman–Crippen MR) is 149 cm³/mol. The number of hydrogen-bond acceptors (Lipinski definition) is 7.